The van der Waals surface area contributed by atoms with Crippen LogP contribution in [0.2, 0.25) is 0 Å². The monoisotopic (exact) mass is 233 g/mol. The van der Waals surface area contributed by atoms with Crippen LogP contribution in [0.5, 0.6) is 0 Å². The molecule has 0 aliphatic heterocycles. The minimum absolute atomic E-state index is 0.329. The number of thiophene rings is 1. The fourth-order valence-electron chi connectivity index (χ4n) is 1.82. The number of nitrogen functional groups attached to an aromatic ring is 1. The lowest BCUT2D eigenvalue weighted by molar-refractivity contribution is 0.854. The second-order valence-electron chi connectivity index (χ2n) is 4.07. The highest BCUT2D eigenvalue weighted by Crippen LogP contribution is 2.33. The zero-order valence-electron chi connectivity index (χ0n) is 9.69. The lowest BCUT2D eigenvalue weighted by Crippen LogP contribution is -2.04. The van der Waals surface area contributed by atoms with E-state index in [1.165, 1.54) is 16.8 Å². The first-order chi connectivity index (χ1) is 7.61. The molecule has 0 atom stereocenters. The van der Waals surface area contributed by atoms with Gasteiger partial charge in [-0.2, -0.15) is 0 Å². The summed E-state index contributed by atoms with van der Waals surface area (Å²) in [4.78, 5) is 9.71. The number of nitrogens with two attached hydrogens (primary N) is 1. The number of hydrogen-bond donors (Lipinski definition) is 1. The fourth-order valence-corrected chi connectivity index (χ4v) is 2.52. The molecule has 0 saturated heterocycles. The fraction of sp³-hybridized carbons (Fsp3) is 0.333. The third kappa shape index (κ3) is 1.80. The Morgan fingerprint density at radius 3 is 2.62 bits per heavy atom. The lowest BCUT2D eigenvalue weighted by Gasteiger charge is -2.13. The summed E-state index contributed by atoms with van der Waals surface area (Å²) in [7, 11) is 0. The van der Waals surface area contributed by atoms with Crippen molar-refractivity contribution < 1.29 is 0 Å². The van der Waals surface area contributed by atoms with Crippen molar-refractivity contribution in [2.45, 2.75) is 26.7 Å². The average Bonchev–Trinajstić information content (AvgIpc) is 2.63. The van der Waals surface area contributed by atoms with Crippen molar-refractivity contribution in [3.8, 4) is 11.3 Å². The molecule has 2 aromatic heterocycles. The molecule has 0 spiro atoms. The first-order valence-corrected chi connectivity index (χ1v) is 6.14. The molecule has 4 heteroatoms. The van der Waals surface area contributed by atoms with Crippen LogP contribution < -0.4 is 5.73 Å². The predicted molar refractivity (Wildman–Crippen MR) is 68.6 cm³/mol. The largest absolute Gasteiger partial charge is 0.383 e. The number of aromatic nitrogens is 2. The van der Waals surface area contributed by atoms with Crippen LogP contribution >= 0.6 is 11.3 Å². The van der Waals surface area contributed by atoms with Crippen LogP contribution in [0.4, 0.5) is 5.82 Å². The molecule has 0 radical (unpaired) electrons. The van der Waals surface area contributed by atoms with Crippen molar-refractivity contribution in [1.82, 2.24) is 9.97 Å². The molecular formula is C12H15N3S. The highest BCUT2D eigenvalue weighted by Gasteiger charge is 2.16. The maximum atomic E-state index is 5.93. The van der Waals surface area contributed by atoms with Gasteiger partial charge >= 0.3 is 0 Å². The van der Waals surface area contributed by atoms with Crippen LogP contribution in [0.25, 0.3) is 11.3 Å². The van der Waals surface area contributed by atoms with E-state index >= 15 is 0 Å². The lowest BCUT2D eigenvalue weighted by atomic mass is 9.98. The van der Waals surface area contributed by atoms with Gasteiger partial charge in [-0.05, 0) is 24.3 Å². The van der Waals surface area contributed by atoms with E-state index in [4.69, 9.17) is 5.73 Å². The van der Waals surface area contributed by atoms with E-state index in [2.05, 4.69) is 42.2 Å². The summed E-state index contributed by atoms with van der Waals surface area (Å²) in [5.74, 6) is 0.918. The molecule has 3 nitrogen and oxygen atoms in total. The molecule has 0 aromatic carbocycles. The Morgan fingerprint density at radius 2 is 2.06 bits per heavy atom. The van der Waals surface area contributed by atoms with Crippen molar-refractivity contribution in [2.24, 2.45) is 0 Å². The second-order valence-corrected chi connectivity index (χ2v) is 5.19. The molecule has 0 saturated carbocycles. The maximum absolute atomic E-state index is 5.93. The Labute approximate surface area is 99.4 Å². The smallest absolute Gasteiger partial charge is 0.130 e. The van der Waals surface area contributed by atoms with E-state index in [-0.39, 0.29) is 0 Å². The second kappa shape index (κ2) is 4.22. The number of aryl methyl sites for hydroxylation is 1. The van der Waals surface area contributed by atoms with Crippen molar-refractivity contribution in [3.63, 3.8) is 0 Å². The van der Waals surface area contributed by atoms with Crippen molar-refractivity contribution in [1.29, 1.82) is 0 Å². The summed E-state index contributed by atoms with van der Waals surface area (Å²) < 4.78 is 0. The molecule has 0 aliphatic rings. The Balaban J connectivity index is 2.66. The molecule has 0 fully saturated rings. The number of nitrogens with zero attached hydrogens (tertiary/aromatic N) is 2. The van der Waals surface area contributed by atoms with Gasteiger partial charge in [-0.25, -0.2) is 9.97 Å². The molecule has 84 valence electrons. The number of anilines is 1. The molecule has 0 amide bonds. The Hall–Kier alpha value is -1.42. The highest BCUT2D eigenvalue weighted by molar-refractivity contribution is 7.10. The quantitative estimate of drug-likeness (QED) is 0.866. The third-order valence-corrected chi connectivity index (χ3v) is 3.45. The summed E-state index contributed by atoms with van der Waals surface area (Å²) in [5, 5.41) is 2.08. The van der Waals surface area contributed by atoms with Gasteiger partial charge in [0.05, 0.1) is 5.69 Å². The first-order valence-electron chi connectivity index (χ1n) is 5.26. The van der Waals surface area contributed by atoms with Crippen LogP contribution in [0.1, 0.15) is 30.2 Å². The summed E-state index contributed by atoms with van der Waals surface area (Å²) in [6.45, 7) is 6.32. The van der Waals surface area contributed by atoms with Crippen molar-refractivity contribution in [3.05, 3.63) is 28.2 Å². The van der Waals surface area contributed by atoms with Gasteiger partial charge in [0.2, 0.25) is 0 Å². The normalized spacial score (nSPS) is 11.0. The molecule has 16 heavy (non-hydrogen) atoms. The van der Waals surface area contributed by atoms with Gasteiger partial charge in [-0.3, -0.25) is 0 Å². The standard InChI is InChI=1S/C12H15N3S/c1-7(2)10-11(14-6-15-12(10)13)9-4-5-16-8(9)3/h4-7H,1-3H3,(H2,13,14,15). The summed E-state index contributed by atoms with van der Waals surface area (Å²) in [5.41, 5.74) is 9.12. The van der Waals surface area contributed by atoms with E-state index in [1.807, 2.05) is 0 Å². The first kappa shape index (κ1) is 11.1. The number of hydrogen-bond acceptors (Lipinski definition) is 4. The molecule has 0 bridgehead atoms. The van der Waals surface area contributed by atoms with E-state index in [0.717, 1.165) is 11.3 Å². The van der Waals surface area contributed by atoms with E-state index in [9.17, 15) is 0 Å². The number of rotatable bonds is 2. The van der Waals surface area contributed by atoms with Crippen LogP contribution in [0, 0.1) is 6.92 Å². The zero-order valence-corrected chi connectivity index (χ0v) is 10.5. The topological polar surface area (TPSA) is 51.8 Å². The molecule has 2 rings (SSSR count). The molecule has 0 aliphatic carbocycles. The summed E-state index contributed by atoms with van der Waals surface area (Å²) in [6.07, 6.45) is 1.54. The van der Waals surface area contributed by atoms with Gasteiger partial charge in [0.15, 0.2) is 0 Å². The average molecular weight is 233 g/mol. The maximum Gasteiger partial charge on any atom is 0.130 e. The van der Waals surface area contributed by atoms with Gasteiger partial charge in [0.25, 0.3) is 0 Å². The highest BCUT2D eigenvalue weighted by atomic mass is 32.1. The minimum Gasteiger partial charge on any atom is -0.383 e. The van der Waals surface area contributed by atoms with Crippen LogP contribution in [-0.4, -0.2) is 9.97 Å². The van der Waals surface area contributed by atoms with Crippen LogP contribution in [0.15, 0.2) is 17.8 Å². The predicted octanol–water partition coefficient (Wildman–Crippen LogP) is 3.22. The van der Waals surface area contributed by atoms with Crippen LogP contribution in [-0.2, 0) is 0 Å². The van der Waals surface area contributed by atoms with Crippen molar-refractivity contribution in [2.75, 3.05) is 5.73 Å². The third-order valence-electron chi connectivity index (χ3n) is 2.61. The Bertz CT molecular complexity index is 503. The molecular weight excluding hydrogens is 218 g/mol. The van der Waals surface area contributed by atoms with Gasteiger partial charge in [0.1, 0.15) is 12.1 Å². The molecule has 0 unspecified atom stereocenters. The van der Waals surface area contributed by atoms with Gasteiger partial charge in [-0.15, -0.1) is 11.3 Å². The summed E-state index contributed by atoms with van der Waals surface area (Å²) >= 11 is 1.72. The van der Waals surface area contributed by atoms with Crippen molar-refractivity contribution >= 4 is 17.2 Å². The Kier molecular flexibility index (Phi) is 2.92. The van der Waals surface area contributed by atoms with E-state index in [1.54, 1.807) is 11.3 Å². The minimum atomic E-state index is 0.329. The SMILES string of the molecule is Cc1sccc1-c1ncnc(N)c1C(C)C. The summed E-state index contributed by atoms with van der Waals surface area (Å²) in [6, 6.07) is 2.09. The molecule has 2 aromatic rings. The van der Waals surface area contributed by atoms with E-state index < -0.39 is 0 Å². The molecule has 2 heterocycles. The zero-order chi connectivity index (χ0) is 11.7. The van der Waals surface area contributed by atoms with E-state index in [0.29, 0.717) is 11.7 Å². The van der Waals surface area contributed by atoms with Gasteiger partial charge < -0.3 is 5.73 Å². The van der Waals surface area contributed by atoms with Gasteiger partial charge in [-0.1, -0.05) is 13.8 Å². The Morgan fingerprint density at radius 1 is 1.31 bits per heavy atom. The van der Waals surface area contributed by atoms with Crippen LogP contribution in [0.3, 0.4) is 0 Å². The van der Waals surface area contributed by atoms with Gasteiger partial charge in [0, 0.05) is 16.0 Å². The molecule has 2 N–H and O–H groups in total.